The topological polar surface area (TPSA) is 57.0 Å². The molecule has 0 fully saturated rings. The number of carbonyl (C=O) groups is 1. The monoisotopic (exact) mass is 265 g/mol. The minimum Gasteiger partial charge on any atom is -0.464 e. The van der Waals surface area contributed by atoms with Crippen molar-refractivity contribution in [2.75, 3.05) is 7.11 Å². The molecule has 0 spiro atoms. The van der Waals surface area contributed by atoms with Crippen LogP contribution in [0.25, 0.3) is 5.69 Å². The van der Waals surface area contributed by atoms with Crippen molar-refractivity contribution in [2.24, 2.45) is 0 Å². The van der Waals surface area contributed by atoms with Crippen LogP contribution in [0.4, 0.5) is 0 Å². The number of methoxy groups -OCH3 is 1. The Labute approximate surface area is 109 Å². The van der Waals surface area contributed by atoms with Crippen LogP contribution < -0.4 is 0 Å². The molecule has 5 nitrogen and oxygen atoms in total. The number of nitrogens with zero attached hydrogens (tertiary/aromatic N) is 3. The fourth-order valence-corrected chi connectivity index (χ4v) is 1.79. The van der Waals surface area contributed by atoms with Gasteiger partial charge in [0.05, 0.1) is 18.5 Å². The van der Waals surface area contributed by atoms with Gasteiger partial charge in [0.1, 0.15) is 0 Å². The van der Waals surface area contributed by atoms with Gasteiger partial charge in [-0.1, -0.05) is 23.7 Å². The molecule has 94 valence electrons. The van der Waals surface area contributed by atoms with E-state index in [2.05, 4.69) is 15.0 Å². The Morgan fingerprint density at radius 3 is 2.61 bits per heavy atom. The first-order valence-electron chi connectivity index (χ1n) is 5.46. The summed E-state index contributed by atoms with van der Waals surface area (Å²) in [6.07, 6.45) is 0.625. The van der Waals surface area contributed by atoms with E-state index >= 15 is 0 Å². The number of hydrogen-bond acceptors (Lipinski definition) is 4. The summed E-state index contributed by atoms with van der Waals surface area (Å²) in [5.74, 6) is -0.480. The third kappa shape index (κ3) is 2.22. The molecule has 18 heavy (non-hydrogen) atoms. The second kappa shape index (κ2) is 5.18. The van der Waals surface area contributed by atoms with Gasteiger partial charge in [-0.15, -0.1) is 5.10 Å². The normalized spacial score (nSPS) is 10.4. The van der Waals surface area contributed by atoms with Crippen molar-refractivity contribution in [1.82, 2.24) is 15.0 Å². The van der Waals surface area contributed by atoms with Crippen molar-refractivity contribution in [1.29, 1.82) is 0 Å². The number of aromatic nitrogens is 3. The molecule has 0 aliphatic carbocycles. The fourth-order valence-electron chi connectivity index (χ4n) is 1.66. The predicted octanol–water partition coefficient (Wildman–Crippen LogP) is 2.27. The number of rotatable bonds is 3. The van der Waals surface area contributed by atoms with E-state index < -0.39 is 5.97 Å². The summed E-state index contributed by atoms with van der Waals surface area (Å²) in [5.41, 5.74) is 1.76. The second-order valence-electron chi connectivity index (χ2n) is 3.62. The summed E-state index contributed by atoms with van der Waals surface area (Å²) in [4.78, 5) is 11.5. The molecule has 0 saturated heterocycles. The van der Waals surface area contributed by atoms with Crippen LogP contribution in [0.3, 0.4) is 0 Å². The zero-order chi connectivity index (χ0) is 13.1. The van der Waals surface area contributed by atoms with E-state index in [1.807, 2.05) is 19.1 Å². The van der Waals surface area contributed by atoms with Gasteiger partial charge < -0.3 is 4.74 Å². The molecule has 6 heteroatoms. The second-order valence-corrected chi connectivity index (χ2v) is 4.05. The Morgan fingerprint density at radius 2 is 2.06 bits per heavy atom. The third-order valence-corrected chi connectivity index (χ3v) is 2.80. The zero-order valence-corrected chi connectivity index (χ0v) is 10.8. The van der Waals surface area contributed by atoms with Crippen molar-refractivity contribution in [3.63, 3.8) is 0 Å². The lowest BCUT2D eigenvalue weighted by atomic mass is 10.2. The molecule has 1 heterocycles. The molecule has 0 bridgehead atoms. The summed E-state index contributed by atoms with van der Waals surface area (Å²) in [5, 5.41) is 8.48. The molecule has 0 atom stereocenters. The van der Waals surface area contributed by atoms with E-state index in [1.165, 1.54) is 7.11 Å². The van der Waals surface area contributed by atoms with Gasteiger partial charge in [-0.25, -0.2) is 9.48 Å². The molecule has 0 aliphatic rings. The van der Waals surface area contributed by atoms with Gasteiger partial charge in [-0.2, -0.15) is 0 Å². The van der Waals surface area contributed by atoms with E-state index in [9.17, 15) is 4.79 Å². The minimum absolute atomic E-state index is 0.245. The molecule has 1 aromatic carbocycles. The standard InChI is InChI=1S/C12H12ClN3O2/c1-3-10-11(12(17)18-2)14-15-16(10)9-6-4-8(13)5-7-9/h4-7H,3H2,1-2H3. The summed E-state index contributed by atoms with van der Waals surface area (Å²) < 4.78 is 6.28. The third-order valence-electron chi connectivity index (χ3n) is 2.55. The maximum atomic E-state index is 11.5. The van der Waals surface area contributed by atoms with Gasteiger partial charge in [0, 0.05) is 5.02 Å². The molecule has 2 aromatic rings. The highest BCUT2D eigenvalue weighted by molar-refractivity contribution is 6.30. The highest BCUT2D eigenvalue weighted by atomic mass is 35.5. The molecule has 0 unspecified atom stereocenters. The first-order valence-corrected chi connectivity index (χ1v) is 5.84. The van der Waals surface area contributed by atoms with Gasteiger partial charge in [0.25, 0.3) is 0 Å². The summed E-state index contributed by atoms with van der Waals surface area (Å²) in [6, 6.07) is 7.15. The van der Waals surface area contributed by atoms with E-state index in [4.69, 9.17) is 11.6 Å². The Balaban J connectivity index is 2.48. The van der Waals surface area contributed by atoms with Crippen molar-refractivity contribution >= 4 is 17.6 Å². The maximum Gasteiger partial charge on any atom is 0.360 e. The van der Waals surface area contributed by atoms with Crippen LogP contribution in [0.1, 0.15) is 23.1 Å². The van der Waals surface area contributed by atoms with Crippen molar-refractivity contribution < 1.29 is 9.53 Å². The maximum absolute atomic E-state index is 11.5. The zero-order valence-electron chi connectivity index (χ0n) is 10.1. The Bertz CT molecular complexity index is 563. The number of halogens is 1. The Morgan fingerprint density at radius 1 is 1.39 bits per heavy atom. The summed E-state index contributed by atoms with van der Waals surface area (Å²) in [7, 11) is 1.32. The van der Waals surface area contributed by atoms with Crippen LogP contribution in [0.2, 0.25) is 5.02 Å². The Hall–Kier alpha value is -1.88. The summed E-state index contributed by atoms with van der Waals surface area (Å²) >= 11 is 5.83. The van der Waals surface area contributed by atoms with E-state index in [1.54, 1.807) is 16.8 Å². The molecule has 0 saturated carbocycles. The van der Waals surface area contributed by atoms with Gasteiger partial charge in [0.15, 0.2) is 5.69 Å². The average Bonchev–Trinajstić information content (AvgIpc) is 2.82. The van der Waals surface area contributed by atoms with Gasteiger partial charge in [0.2, 0.25) is 0 Å². The van der Waals surface area contributed by atoms with Crippen molar-refractivity contribution in [3.05, 3.63) is 40.7 Å². The van der Waals surface area contributed by atoms with Gasteiger partial charge in [-0.3, -0.25) is 0 Å². The number of carbonyl (C=O) groups excluding carboxylic acids is 1. The number of ether oxygens (including phenoxy) is 1. The average molecular weight is 266 g/mol. The highest BCUT2D eigenvalue weighted by Gasteiger charge is 2.19. The largest absolute Gasteiger partial charge is 0.464 e. The van der Waals surface area contributed by atoms with E-state index in [-0.39, 0.29) is 5.69 Å². The minimum atomic E-state index is -0.480. The quantitative estimate of drug-likeness (QED) is 0.799. The van der Waals surface area contributed by atoms with Crippen molar-refractivity contribution in [3.8, 4) is 5.69 Å². The van der Waals surface area contributed by atoms with E-state index in [0.29, 0.717) is 17.1 Å². The van der Waals surface area contributed by atoms with Crippen LogP contribution in [0.5, 0.6) is 0 Å². The van der Waals surface area contributed by atoms with Crippen LogP contribution in [0, 0.1) is 0 Å². The molecule has 0 amide bonds. The highest BCUT2D eigenvalue weighted by Crippen LogP contribution is 2.17. The SMILES string of the molecule is CCc1c(C(=O)OC)nnn1-c1ccc(Cl)cc1. The van der Waals surface area contributed by atoms with Crippen LogP contribution >= 0.6 is 11.6 Å². The molecule has 0 aliphatic heterocycles. The smallest absolute Gasteiger partial charge is 0.360 e. The molecular formula is C12H12ClN3O2. The van der Waals surface area contributed by atoms with Crippen molar-refractivity contribution in [2.45, 2.75) is 13.3 Å². The van der Waals surface area contributed by atoms with Gasteiger partial charge in [-0.05, 0) is 30.7 Å². The lowest BCUT2D eigenvalue weighted by molar-refractivity contribution is 0.0592. The lowest BCUT2D eigenvalue weighted by Crippen LogP contribution is -2.07. The Kier molecular flexibility index (Phi) is 3.62. The number of hydrogen-bond donors (Lipinski definition) is 0. The predicted molar refractivity (Wildman–Crippen MR) is 67.1 cm³/mol. The molecule has 2 rings (SSSR count). The van der Waals surface area contributed by atoms with Crippen LogP contribution in [-0.2, 0) is 11.2 Å². The van der Waals surface area contributed by atoms with Crippen LogP contribution in [0.15, 0.2) is 24.3 Å². The number of esters is 1. The molecule has 1 aromatic heterocycles. The summed E-state index contributed by atoms with van der Waals surface area (Å²) in [6.45, 7) is 1.93. The van der Waals surface area contributed by atoms with Crippen LogP contribution in [-0.4, -0.2) is 28.1 Å². The fraction of sp³-hybridized carbons (Fsp3) is 0.250. The number of benzene rings is 1. The lowest BCUT2D eigenvalue weighted by Gasteiger charge is -2.05. The van der Waals surface area contributed by atoms with Gasteiger partial charge >= 0.3 is 5.97 Å². The molecule has 0 N–H and O–H groups in total. The molecular weight excluding hydrogens is 254 g/mol. The first kappa shape index (κ1) is 12.6. The first-order chi connectivity index (χ1) is 8.67. The molecule has 0 radical (unpaired) electrons. The van der Waals surface area contributed by atoms with E-state index in [0.717, 1.165) is 5.69 Å².